The van der Waals surface area contributed by atoms with Gasteiger partial charge in [0.25, 0.3) is 0 Å². The summed E-state index contributed by atoms with van der Waals surface area (Å²) in [5, 5.41) is 1.47. The molecule has 2 aromatic rings. The minimum absolute atomic E-state index is 0.0326. The van der Waals surface area contributed by atoms with E-state index in [-0.39, 0.29) is 24.1 Å². The molecule has 2 saturated heterocycles. The third-order valence-corrected chi connectivity index (χ3v) is 8.86. The number of carbonyl (C=O) groups excluding carboxylic acids is 1. The molecule has 0 radical (unpaired) electrons. The molecule has 1 amide bonds. The molecule has 2 heterocycles. The van der Waals surface area contributed by atoms with Crippen molar-refractivity contribution in [1.29, 1.82) is 0 Å². The molecular weight excluding hydrogens is 505 g/mol. The van der Waals surface area contributed by atoms with E-state index >= 15 is 0 Å². The first-order valence-corrected chi connectivity index (χ1v) is 13.7. The second-order valence-corrected chi connectivity index (χ2v) is 11.7. The van der Waals surface area contributed by atoms with E-state index in [0.29, 0.717) is 53.1 Å². The number of sulfonamides is 1. The van der Waals surface area contributed by atoms with Crippen LogP contribution in [-0.2, 0) is 20.6 Å². The van der Waals surface area contributed by atoms with Crippen LogP contribution in [0.4, 0.5) is 5.69 Å². The molecule has 0 N–H and O–H groups in total. The lowest BCUT2D eigenvalue weighted by Crippen LogP contribution is -2.53. The minimum atomic E-state index is -3.60. The molecule has 33 heavy (non-hydrogen) atoms. The summed E-state index contributed by atoms with van der Waals surface area (Å²) in [5.74, 6) is -0.500. The van der Waals surface area contributed by atoms with Gasteiger partial charge in [-0.3, -0.25) is 4.79 Å². The quantitative estimate of drug-likeness (QED) is 0.570. The standard InChI is InChI=1S/C23H26Cl3N3O3S/c24-19-4-1-5-21(13-19)27-9-11-28(12-10-27)23(30)17-3-2-8-29(15-17)33(31,32)16-18-6-7-20(25)14-22(18)26/h1,4-7,13-14,17H,2-3,8-12,15-16H2/t17-/m0/s1. The van der Waals surface area contributed by atoms with Gasteiger partial charge in [-0.05, 0) is 48.7 Å². The fraction of sp³-hybridized carbons (Fsp3) is 0.435. The predicted molar refractivity (Wildman–Crippen MR) is 134 cm³/mol. The summed E-state index contributed by atoms with van der Waals surface area (Å²) < 4.78 is 27.5. The second kappa shape index (κ2) is 10.4. The van der Waals surface area contributed by atoms with Crippen LogP contribution in [-0.4, -0.2) is 62.8 Å². The van der Waals surface area contributed by atoms with Crippen molar-refractivity contribution in [3.8, 4) is 0 Å². The predicted octanol–water partition coefficient (Wildman–Crippen LogP) is 4.54. The second-order valence-electron chi connectivity index (χ2n) is 8.48. The topological polar surface area (TPSA) is 60.9 Å². The third kappa shape index (κ3) is 5.95. The van der Waals surface area contributed by atoms with E-state index in [0.717, 1.165) is 18.8 Å². The molecule has 2 fully saturated rings. The Morgan fingerprint density at radius 2 is 1.67 bits per heavy atom. The lowest BCUT2D eigenvalue weighted by atomic mass is 9.97. The van der Waals surface area contributed by atoms with Crippen LogP contribution in [0.5, 0.6) is 0 Å². The molecule has 2 aromatic carbocycles. The monoisotopic (exact) mass is 529 g/mol. The number of hydrogen-bond acceptors (Lipinski definition) is 4. The van der Waals surface area contributed by atoms with Gasteiger partial charge in [0.15, 0.2) is 0 Å². The van der Waals surface area contributed by atoms with Crippen LogP contribution < -0.4 is 4.90 Å². The van der Waals surface area contributed by atoms with Gasteiger partial charge in [0, 0.05) is 60.0 Å². The molecule has 2 aliphatic rings. The zero-order valence-corrected chi connectivity index (χ0v) is 21.2. The van der Waals surface area contributed by atoms with Crippen LogP contribution in [0.2, 0.25) is 15.1 Å². The molecule has 178 valence electrons. The van der Waals surface area contributed by atoms with Crippen LogP contribution in [0.1, 0.15) is 18.4 Å². The van der Waals surface area contributed by atoms with Crippen molar-refractivity contribution < 1.29 is 13.2 Å². The molecule has 0 spiro atoms. The van der Waals surface area contributed by atoms with Gasteiger partial charge in [-0.1, -0.05) is 46.9 Å². The number of amides is 1. The first-order valence-electron chi connectivity index (χ1n) is 10.9. The normalized spacial score (nSPS) is 20.2. The molecule has 0 unspecified atom stereocenters. The number of halogens is 3. The number of piperidine rings is 1. The lowest BCUT2D eigenvalue weighted by molar-refractivity contribution is -0.137. The highest BCUT2D eigenvalue weighted by molar-refractivity contribution is 7.88. The molecule has 0 aromatic heterocycles. The molecule has 10 heteroatoms. The molecular formula is C23H26Cl3N3O3S. The van der Waals surface area contributed by atoms with Crippen molar-refractivity contribution in [1.82, 2.24) is 9.21 Å². The Hall–Kier alpha value is -1.51. The average Bonchev–Trinajstić information content (AvgIpc) is 2.81. The molecule has 1 atom stereocenters. The number of carbonyl (C=O) groups is 1. The molecule has 6 nitrogen and oxygen atoms in total. The van der Waals surface area contributed by atoms with Crippen LogP contribution in [0.15, 0.2) is 42.5 Å². The summed E-state index contributed by atoms with van der Waals surface area (Å²) in [5.41, 5.74) is 1.55. The Morgan fingerprint density at radius 1 is 0.939 bits per heavy atom. The first-order chi connectivity index (χ1) is 15.7. The van der Waals surface area contributed by atoms with Crippen LogP contribution in [0, 0.1) is 5.92 Å². The van der Waals surface area contributed by atoms with Crippen LogP contribution in [0.25, 0.3) is 0 Å². The van der Waals surface area contributed by atoms with E-state index in [9.17, 15) is 13.2 Å². The van der Waals surface area contributed by atoms with E-state index in [1.54, 1.807) is 18.2 Å². The molecule has 4 rings (SSSR count). The van der Waals surface area contributed by atoms with Crippen molar-refractivity contribution in [2.45, 2.75) is 18.6 Å². The highest BCUT2D eigenvalue weighted by Crippen LogP contribution is 2.28. The van der Waals surface area contributed by atoms with E-state index in [1.165, 1.54) is 4.31 Å². The Morgan fingerprint density at radius 3 is 2.36 bits per heavy atom. The first kappa shape index (κ1) is 24.6. The van der Waals surface area contributed by atoms with Gasteiger partial charge in [0.1, 0.15) is 0 Å². The van der Waals surface area contributed by atoms with E-state index < -0.39 is 10.0 Å². The van der Waals surface area contributed by atoms with E-state index in [1.807, 2.05) is 29.2 Å². The van der Waals surface area contributed by atoms with Crippen molar-refractivity contribution in [2.75, 3.05) is 44.2 Å². The molecule has 2 aliphatic heterocycles. The van der Waals surface area contributed by atoms with Crippen LogP contribution >= 0.6 is 34.8 Å². The van der Waals surface area contributed by atoms with Gasteiger partial charge in [-0.15, -0.1) is 0 Å². The summed E-state index contributed by atoms with van der Waals surface area (Å²) >= 11 is 18.2. The maximum Gasteiger partial charge on any atom is 0.227 e. The summed E-state index contributed by atoms with van der Waals surface area (Å²) in [4.78, 5) is 17.3. The zero-order chi connectivity index (χ0) is 23.6. The number of hydrogen-bond donors (Lipinski definition) is 0. The molecule has 0 bridgehead atoms. The van der Waals surface area contributed by atoms with Crippen molar-refractivity contribution in [2.24, 2.45) is 5.92 Å². The van der Waals surface area contributed by atoms with Gasteiger partial charge in [0.2, 0.25) is 15.9 Å². The summed E-state index contributed by atoms with van der Waals surface area (Å²) in [6.07, 6.45) is 1.35. The Kier molecular flexibility index (Phi) is 7.76. The zero-order valence-electron chi connectivity index (χ0n) is 18.1. The highest BCUT2D eigenvalue weighted by atomic mass is 35.5. The van der Waals surface area contributed by atoms with E-state index in [2.05, 4.69) is 4.90 Å². The van der Waals surface area contributed by atoms with Gasteiger partial charge in [0.05, 0.1) is 11.7 Å². The lowest BCUT2D eigenvalue weighted by Gasteiger charge is -2.39. The van der Waals surface area contributed by atoms with E-state index in [4.69, 9.17) is 34.8 Å². The summed E-state index contributed by atoms with van der Waals surface area (Å²) in [7, 11) is -3.60. The van der Waals surface area contributed by atoms with Gasteiger partial charge < -0.3 is 9.80 Å². The largest absolute Gasteiger partial charge is 0.368 e. The summed E-state index contributed by atoms with van der Waals surface area (Å²) in [6, 6.07) is 12.5. The number of piperazine rings is 1. The third-order valence-electron chi connectivity index (χ3n) is 6.24. The Labute approximate surface area is 210 Å². The number of rotatable bonds is 5. The highest BCUT2D eigenvalue weighted by Gasteiger charge is 2.35. The molecule has 0 aliphatic carbocycles. The average molecular weight is 531 g/mol. The van der Waals surface area contributed by atoms with Crippen LogP contribution in [0.3, 0.4) is 0 Å². The Balaban J connectivity index is 1.36. The SMILES string of the molecule is O=C([C@H]1CCCN(S(=O)(=O)Cc2ccc(Cl)cc2Cl)C1)N1CCN(c2cccc(Cl)c2)CC1. The fourth-order valence-electron chi connectivity index (χ4n) is 4.44. The smallest absolute Gasteiger partial charge is 0.227 e. The summed E-state index contributed by atoms with van der Waals surface area (Å²) in [6.45, 7) is 3.27. The fourth-order valence-corrected chi connectivity index (χ4v) is 6.82. The number of nitrogens with zero attached hydrogens (tertiary/aromatic N) is 3. The Bertz CT molecular complexity index is 1120. The maximum atomic E-state index is 13.2. The van der Waals surface area contributed by atoms with Gasteiger partial charge >= 0.3 is 0 Å². The van der Waals surface area contributed by atoms with Gasteiger partial charge in [-0.25, -0.2) is 12.7 Å². The van der Waals surface area contributed by atoms with Gasteiger partial charge in [-0.2, -0.15) is 0 Å². The molecule has 0 saturated carbocycles. The van der Waals surface area contributed by atoms with Crippen molar-refractivity contribution in [3.63, 3.8) is 0 Å². The maximum absolute atomic E-state index is 13.2. The van der Waals surface area contributed by atoms with Crippen molar-refractivity contribution >= 4 is 56.4 Å². The van der Waals surface area contributed by atoms with Crippen molar-refractivity contribution in [3.05, 3.63) is 63.1 Å². The minimum Gasteiger partial charge on any atom is -0.368 e. The number of anilines is 1. The number of benzene rings is 2.